The normalized spacial score (nSPS) is 11.8. The molecule has 0 saturated carbocycles. The van der Waals surface area contributed by atoms with E-state index in [-0.39, 0.29) is 15.5 Å². The molecule has 0 bridgehead atoms. The molecule has 2 aromatic rings. The molecule has 1 heterocycles. The molecule has 0 unspecified atom stereocenters. The first-order valence-corrected chi connectivity index (χ1v) is 7.08. The fraction of sp³-hybridized carbons (Fsp3) is 0.182. The molecule has 6 nitrogen and oxygen atoms in total. The first-order valence-electron chi connectivity index (χ1n) is 5.27. The minimum atomic E-state index is -4.39. The molecule has 1 aromatic heterocycles. The lowest BCUT2D eigenvalue weighted by Gasteiger charge is -2.09. The number of halogens is 1. The van der Waals surface area contributed by atoms with Crippen LogP contribution in [0.3, 0.4) is 0 Å². The van der Waals surface area contributed by atoms with Crippen molar-refractivity contribution >= 4 is 21.7 Å². The largest absolute Gasteiger partial charge is 0.296 e. The van der Waals surface area contributed by atoms with Gasteiger partial charge in [0.2, 0.25) is 0 Å². The zero-order valence-electron chi connectivity index (χ0n) is 10.1. The van der Waals surface area contributed by atoms with Crippen LogP contribution in [-0.2, 0) is 10.1 Å². The number of nitrogens with one attached hydrogen (secondary N) is 1. The van der Waals surface area contributed by atoms with Crippen molar-refractivity contribution in [1.29, 1.82) is 0 Å². The van der Waals surface area contributed by atoms with Gasteiger partial charge in [0.15, 0.2) is 0 Å². The van der Waals surface area contributed by atoms with E-state index >= 15 is 0 Å². The number of hydrogen-bond acceptors (Lipinski definition) is 3. The Morgan fingerprint density at radius 3 is 2.37 bits per heavy atom. The van der Waals surface area contributed by atoms with Gasteiger partial charge in [-0.25, -0.2) is 4.68 Å². The Morgan fingerprint density at radius 2 is 1.89 bits per heavy atom. The molecule has 8 heteroatoms. The number of nitrogens with zero attached hydrogens (tertiary/aromatic N) is 1. The lowest BCUT2D eigenvalue weighted by atomic mass is 10.2. The average molecular weight is 303 g/mol. The van der Waals surface area contributed by atoms with E-state index in [0.29, 0.717) is 16.9 Å². The average Bonchev–Trinajstić information content (AvgIpc) is 2.59. The number of H-pyrrole nitrogens is 1. The highest BCUT2D eigenvalue weighted by Crippen LogP contribution is 2.26. The van der Waals surface area contributed by atoms with Crippen molar-refractivity contribution in [1.82, 2.24) is 9.78 Å². The van der Waals surface area contributed by atoms with Gasteiger partial charge in [-0.2, -0.15) is 8.42 Å². The quantitative estimate of drug-likeness (QED) is 0.826. The fourth-order valence-electron chi connectivity index (χ4n) is 1.78. The number of hydrogen-bond donors (Lipinski definition) is 2. The Bertz CT molecular complexity index is 805. The smallest absolute Gasteiger partial charge is 0.295 e. The van der Waals surface area contributed by atoms with Crippen molar-refractivity contribution in [3.8, 4) is 5.69 Å². The van der Waals surface area contributed by atoms with Crippen LogP contribution in [0, 0.1) is 13.8 Å². The summed E-state index contributed by atoms with van der Waals surface area (Å²) in [6, 6.07) is 3.94. The Morgan fingerprint density at radius 1 is 1.26 bits per heavy atom. The Balaban J connectivity index is 2.72. The maximum atomic E-state index is 11.7. The van der Waals surface area contributed by atoms with Gasteiger partial charge in [0.1, 0.15) is 4.90 Å². The van der Waals surface area contributed by atoms with Gasteiger partial charge in [0, 0.05) is 11.8 Å². The molecular weight excluding hydrogens is 292 g/mol. The third-order valence-electron chi connectivity index (χ3n) is 2.62. The van der Waals surface area contributed by atoms with E-state index in [2.05, 4.69) is 5.10 Å². The van der Waals surface area contributed by atoms with E-state index in [1.54, 1.807) is 13.8 Å². The van der Waals surface area contributed by atoms with Crippen LogP contribution in [0.15, 0.2) is 27.9 Å². The van der Waals surface area contributed by atoms with Gasteiger partial charge in [-0.3, -0.25) is 14.4 Å². The summed E-state index contributed by atoms with van der Waals surface area (Å²) in [4.78, 5) is 11.3. The highest BCUT2D eigenvalue weighted by Gasteiger charge is 2.18. The van der Waals surface area contributed by atoms with Crippen LogP contribution in [-0.4, -0.2) is 22.8 Å². The lowest BCUT2D eigenvalue weighted by molar-refractivity contribution is 0.483. The Hall–Kier alpha value is -1.57. The third kappa shape index (κ3) is 2.58. The molecule has 1 aromatic carbocycles. The fourth-order valence-corrected chi connectivity index (χ4v) is 2.86. The topological polar surface area (TPSA) is 92.2 Å². The van der Waals surface area contributed by atoms with E-state index in [1.165, 1.54) is 22.9 Å². The molecule has 102 valence electrons. The standard InChI is InChI=1S/C11H11ClN2O4S/c1-6-3-10(19(16,17)18)8(12)5-9(6)14-11(15)4-7(2)13-14/h3-5,13H,1-2H3,(H,16,17,18). The van der Waals surface area contributed by atoms with E-state index in [4.69, 9.17) is 16.2 Å². The second kappa shape index (κ2) is 4.52. The maximum Gasteiger partial charge on any atom is 0.296 e. The summed E-state index contributed by atoms with van der Waals surface area (Å²) >= 11 is 5.83. The number of rotatable bonds is 2. The van der Waals surface area contributed by atoms with Gasteiger partial charge in [-0.15, -0.1) is 0 Å². The summed E-state index contributed by atoms with van der Waals surface area (Å²) < 4.78 is 32.5. The van der Waals surface area contributed by atoms with Gasteiger partial charge in [-0.1, -0.05) is 11.6 Å². The molecule has 0 aliphatic rings. The Labute approximate surface area is 114 Å². The highest BCUT2D eigenvalue weighted by atomic mass is 35.5. The highest BCUT2D eigenvalue weighted by molar-refractivity contribution is 7.86. The first-order chi connectivity index (χ1) is 8.70. The van der Waals surface area contributed by atoms with Crippen molar-refractivity contribution in [2.75, 3.05) is 0 Å². The molecule has 0 saturated heterocycles. The zero-order valence-corrected chi connectivity index (χ0v) is 11.7. The van der Waals surface area contributed by atoms with Gasteiger partial charge in [-0.05, 0) is 31.5 Å². The Kier molecular flexibility index (Phi) is 3.29. The maximum absolute atomic E-state index is 11.7. The molecule has 0 atom stereocenters. The summed E-state index contributed by atoms with van der Waals surface area (Å²) in [5, 5.41) is 2.67. The molecule has 0 amide bonds. The molecule has 2 N–H and O–H groups in total. The first kappa shape index (κ1) is 13.9. The molecular formula is C11H11ClN2O4S. The second-order valence-corrected chi connectivity index (χ2v) is 5.95. The summed E-state index contributed by atoms with van der Waals surface area (Å²) in [5.41, 5.74) is 1.30. The van der Waals surface area contributed by atoms with Crippen molar-refractivity contribution in [2.45, 2.75) is 18.7 Å². The van der Waals surface area contributed by atoms with Gasteiger partial charge >= 0.3 is 0 Å². The van der Waals surface area contributed by atoms with Gasteiger partial charge in [0.05, 0.1) is 10.7 Å². The SMILES string of the molecule is Cc1cc(=O)n(-c2cc(Cl)c(S(=O)(=O)O)cc2C)[nH]1. The number of benzene rings is 1. The summed E-state index contributed by atoms with van der Waals surface area (Å²) in [5.74, 6) is 0. The van der Waals surface area contributed by atoms with E-state index in [1.807, 2.05) is 0 Å². The van der Waals surface area contributed by atoms with Crippen LogP contribution in [0.1, 0.15) is 11.3 Å². The van der Waals surface area contributed by atoms with Crippen LogP contribution >= 0.6 is 11.6 Å². The molecule has 0 aliphatic heterocycles. The predicted octanol–water partition coefficient (Wildman–Crippen LogP) is 1.68. The van der Waals surface area contributed by atoms with Crippen LogP contribution < -0.4 is 5.56 Å². The molecule has 0 spiro atoms. The van der Waals surface area contributed by atoms with Crippen molar-refractivity contribution in [3.05, 3.63) is 44.8 Å². The van der Waals surface area contributed by atoms with Crippen molar-refractivity contribution in [3.63, 3.8) is 0 Å². The van der Waals surface area contributed by atoms with Crippen LogP contribution in [0.2, 0.25) is 5.02 Å². The number of aryl methyl sites for hydroxylation is 2. The minimum Gasteiger partial charge on any atom is -0.295 e. The molecule has 2 rings (SSSR count). The van der Waals surface area contributed by atoms with Crippen LogP contribution in [0.4, 0.5) is 0 Å². The number of aromatic nitrogens is 2. The molecule has 19 heavy (non-hydrogen) atoms. The summed E-state index contributed by atoms with van der Waals surface area (Å²) in [6.45, 7) is 3.34. The van der Waals surface area contributed by atoms with Gasteiger partial charge < -0.3 is 0 Å². The summed E-state index contributed by atoms with van der Waals surface area (Å²) in [7, 11) is -4.39. The van der Waals surface area contributed by atoms with Crippen LogP contribution in [0.5, 0.6) is 0 Å². The van der Waals surface area contributed by atoms with E-state index in [9.17, 15) is 13.2 Å². The predicted molar refractivity (Wildman–Crippen MR) is 70.7 cm³/mol. The third-order valence-corrected chi connectivity index (χ3v) is 3.94. The lowest BCUT2D eigenvalue weighted by Crippen LogP contribution is -2.15. The second-order valence-electron chi connectivity index (χ2n) is 4.16. The monoisotopic (exact) mass is 302 g/mol. The van der Waals surface area contributed by atoms with Crippen LogP contribution in [0.25, 0.3) is 5.69 Å². The minimum absolute atomic E-state index is 0.151. The van der Waals surface area contributed by atoms with Crippen molar-refractivity contribution in [2.24, 2.45) is 0 Å². The number of aromatic amines is 1. The van der Waals surface area contributed by atoms with E-state index in [0.717, 1.165) is 0 Å². The molecule has 0 fully saturated rings. The van der Waals surface area contributed by atoms with Crippen molar-refractivity contribution < 1.29 is 13.0 Å². The molecule has 0 radical (unpaired) electrons. The molecule has 0 aliphatic carbocycles. The van der Waals surface area contributed by atoms with Gasteiger partial charge in [0.25, 0.3) is 15.7 Å². The summed E-state index contributed by atoms with van der Waals surface area (Å²) in [6.07, 6.45) is 0. The van der Waals surface area contributed by atoms with E-state index < -0.39 is 10.1 Å². The zero-order chi connectivity index (χ0) is 14.4.